The Hall–Kier alpha value is -0.840. The zero-order chi connectivity index (χ0) is 9.05. The van der Waals surface area contributed by atoms with E-state index in [4.69, 9.17) is 5.26 Å². The van der Waals surface area contributed by atoms with Crippen LogP contribution < -0.4 is 0 Å². The second-order valence-electron chi connectivity index (χ2n) is 5.14. The zero-order valence-electron chi connectivity index (χ0n) is 7.62. The Morgan fingerprint density at radius 2 is 1.85 bits per heavy atom. The van der Waals surface area contributed by atoms with Crippen LogP contribution in [-0.2, 0) is 4.79 Å². The van der Waals surface area contributed by atoms with Crippen molar-refractivity contribution in [3.8, 4) is 6.07 Å². The van der Waals surface area contributed by atoms with Gasteiger partial charge in [0, 0.05) is 11.8 Å². The largest absolute Gasteiger partial charge is 0.299 e. The normalized spacial score (nSPS) is 52.2. The van der Waals surface area contributed by atoms with Gasteiger partial charge in [0.1, 0.15) is 5.78 Å². The van der Waals surface area contributed by atoms with Gasteiger partial charge in [0.15, 0.2) is 0 Å². The highest BCUT2D eigenvalue weighted by Crippen LogP contribution is 2.58. The van der Waals surface area contributed by atoms with Gasteiger partial charge >= 0.3 is 0 Å². The van der Waals surface area contributed by atoms with E-state index in [0.29, 0.717) is 11.7 Å². The molecule has 2 unspecified atom stereocenters. The molecule has 2 nitrogen and oxygen atoms in total. The lowest BCUT2D eigenvalue weighted by Crippen LogP contribution is -2.50. The summed E-state index contributed by atoms with van der Waals surface area (Å²) in [5.74, 6) is 1.67. The lowest BCUT2D eigenvalue weighted by atomic mass is 9.49. The highest BCUT2D eigenvalue weighted by molar-refractivity contribution is 5.85. The van der Waals surface area contributed by atoms with Crippen LogP contribution in [0.25, 0.3) is 0 Å². The van der Waals surface area contributed by atoms with E-state index in [1.54, 1.807) is 0 Å². The Kier molecular flexibility index (Phi) is 1.25. The minimum atomic E-state index is -0.0928. The molecule has 4 fully saturated rings. The first-order chi connectivity index (χ1) is 6.22. The minimum absolute atomic E-state index is 0.0928. The second-order valence-corrected chi connectivity index (χ2v) is 5.14. The highest BCUT2D eigenvalue weighted by atomic mass is 16.1. The molecule has 4 aliphatic carbocycles. The number of nitriles is 1. The molecule has 0 aromatic rings. The molecule has 0 amide bonds. The smallest absolute Gasteiger partial charge is 0.139 e. The fraction of sp³-hybridized carbons (Fsp3) is 0.818. The van der Waals surface area contributed by atoms with Crippen LogP contribution in [0.4, 0.5) is 0 Å². The monoisotopic (exact) mass is 175 g/mol. The molecule has 0 heterocycles. The third kappa shape index (κ3) is 0.852. The van der Waals surface area contributed by atoms with Crippen LogP contribution in [0, 0.1) is 34.5 Å². The van der Waals surface area contributed by atoms with Crippen LogP contribution in [0.15, 0.2) is 0 Å². The van der Waals surface area contributed by atoms with Crippen LogP contribution in [0.5, 0.6) is 0 Å². The number of ketones is 1. The van der Waals surface area contributed by atoms with Gasteiger partial charge in [-0.05, 0) is 38.0 Å². The first kappa shape index (κ1) is 7.55. The predicted octanol–water partition coefficient (Wildman–Crippen LogP) is 1.91. The SMILES string of the molecule is N#CC12CC3C[C@H](C1)C(=O)[C@@H](C3)C2. The summed E-state index contributed by atoms with van der Waals surface area (Å²) in [5, 5.41) is 9.16. The van der Waals surface area contributed by atoms with Crippen molar-refractivity contribution in [2.24, 2.45) is 23.2 Å². The number of Topliss-reactive ketones (excluding diaryl/α,β-unsaturated/α-hetero) is 1. The molecule has 0 N–H and O–H groups in total. The average Bonchev–Trinajstić information content (AvgIpc) is 2.13. The standard InChI is InChI=1S/C11H13NO/c12-6-11-3-7-1-8(4-11)10(13)9(2-7)5-11/h7-9H,1-5H2/t7?,8-,9+,11?. The van der Waals surface area contributed by atoms with Gasteiger partial charge in [-0.3, -0.25) is 4.79 Å². The molecule has 0 aromatic carbocycles. The van der Waals surface area contributed by atoms with E-state index in [-0.39, 0.29) is 17.3 Å². The van der Waals surface area contributed by atoms with Gasteiger partial charge in [-0.25, -0.2) is 0 Å². The van der Waals surface area contributed by atoms with Crippen molar-refractivity contribution in [1.82, 2.24) is 0 Å². The number of rotatable bonds is 0. The Balaban J connectivity index is 2.01. The summed E-state index contributed by atoms with van der Waals surface area (Å²) in [7, 11) is 0. The molecule has 4 bridgehead atoms. The summed E-state index contributed by atoms with van der Waals surface area (Å²) >= 11 is 0. The first-order valence-corrected chi connectivity index (χ1v) is 5.17. The van der Waals surface area contributed by atoms with Crippen molar-refractivity contribution in [3.05, 3.63) is 0 Å². The lowest BCUT2D eigenvalue weighted by Gasteiger charge is -2.52. The van der Waals surface area contributed by atoms with Crippen molar-refractivity contribution >= 4 is 5.78 Å². The topological polar surface area (TPSA) is 40.9 Å². The Morgan fingerprint density at radius 1 is 1.23 bits per heavy atom. The van der Waals surface area contributed by atoms with Crippen molar-refractivity contribution < 1.29 is 4.79 Å². The summed E-state index contributed by atoms with van der Waals surface area (Å²) in [6.07, 6.45) is 4.98. The predicted molar refractivity (Wildman–Crippen MR) is 46.6 cm³/mol. The lowest BCUT2D eigenvalue weighted by molar-refractivity contribution is -0.143. The summed E-state index contributed by atoms with van der Waals surface area (Å²) in [4.78, 5) is 11.7. The second kappa shape index (κ2) is 2.15. The van der Waals surface area contributed by atoms with Crippen molar-refractivity contribution in [1.29, 1.82) is 5.26 Å². The van der Waals surface area contributed by atoms with Crippen molar-refractivity contribution in [2.45, 2.75) is 32.1 Å². The number of hydrogen-bond acceptors (Lipinski definition) is 2. The molecule has 4 atom stereocenters. The van der Waals surface area contributed by atoms with Gasteiger partial charge in [-0.15, -0.1) is 0 Å². The number of nitrogens with zero attached hydrogens (tertiary/aromatic N) is 1. The van der Waals surface area contributed by atoms with Crippen LogP contribution in [-0.4, -0.2) is 5.78 Å². The van der Waals surface area contributed by atoms with Crippen LogP contribution in [0.2, 0.25) is 0 Å². The summed E-state index contributed by atoms with van der Waals surface area (Å²) in [6, 6.07) is 2.48. The van der Waals surface area contributed by atoms with E-state index in [2.05, 4.69) is 6.07 Å². The highest BCUT2D eigenvalue weighted by Gasteiger charge is 2.55. The molecule has 0 spiro atoms. The van der Waals surface area contributed by atoms with Crippen LogP contribution in [0.1, 0.15) is 32.1 Å². The van der Waals surface area contributed by atoms with Crippen LogP contribution in [0.3, 0.4) is 0 Å². The van der Waals surface area contributed by atoms with Gasteiger partial charge in [0.2, 0.25) is 0 Å². The van der Waals surface area contributed by atoms with Crippen LogP contribution >= 0.6 is 0 Å². The maximum atomic E-state index is 11.7. The number of carbonyl (C=O) groups is 1. The molecular formula is C11H13NO. The Morgan fingerprint density at radius 3 is 2.38 bits per heavy atom. The Bertz CT molecular complexity index is 297. The Labute approximate surface area is 77.9 Å². The maximum absolute atomic E-state index is 11.7. The first-order valence-electron chi connectivity index (χ1n) is 5.17. The van der Waals surface area contributed by atoms with E-state index < -0.39 is 0 Å². The number of hydrogen-bond donors (Lipinski definition) is 0. The van der Waals surface area contributed by atoms with Crippen molar-refractivity contribution in [3.63, 3.8) is 0 Å². The summed E-state index contributed by atoms with van der Waals surface area (Å²) < 4.78 is 0. The minimum Gasteiger partial charge on any atom is -0.299 e. The van der Waals surface area contributed by atoms with E-state index in [9.17, 15) is 4.79 Å². The van der Waals surface area contributed by atoms with E-state index in [1.807, 2.05) is 0 Å². The molecule has 2 heteroatoms. The molecule has 0 aromatic heterocycles. The summed E-state index contributed by atoms with van der Waals surface area (Å²) in [5.41, 5.74) is -0.0928. The molecule has 0 saturated heterocycles. The zero-order valence-corrected chi connectivity index (χ0v) is 7.62. The van der Waals surface area contributed by atoms with E-state index in [0.717, 1.165) is 32.1 Å². The van der Waals surface area contributed by atoms with Crippen molar-refractivity contribution in [2.75, 3.05) is 0 Å². The quantitative estimate of drug-likeness (QED) is 0.564. The molecular weight excluding hydrogens is 162 g/mol. The average molecular weight is 175 g/mol. The fourth-order valence-corrected chi connectivity index (χ4v) is 3.88. The molecule has 4 rings (SSSR count). The van der Waals surface area contributed by atoms with Gasteiger partial charge in [0.05, 0.1) is 11.5 Å². The van der Waals surface area contributed by atoms with E-state index >= 15 is 0 Å². The molecule has 0 radical (unpaired) electrons. The maximum Gasteiger partial charge on any atom is 0.139 e. The van der Waals surface area contributed by atoms with Gasteiger partial charge < -0.3 is 0 Å². The molecule has 0 aliphatic heterocycles. The molecule has 68 valence electrons. The summed E-state index contributed by atoms with van der Waals surface area (Å²) in [6.45, 7) is 0. The third-order valence-electron chi connectivity index (χ3n) is 4.23. The van der Waals surface area contributed by atoms with E-state index in [1.165, 1.54) is 0 Å². The fourth-order valence-electron chi connectivity index (χ4n) is 3.88. The van der Waals surface area contributed by atoms with Gasteiger partial charge in [0.25, 0.3) is 0 Å². The molecule has 13 heavy (non-hydrogen) atoms. The molecule has 4 aliphatic rings. The third-order valence-corrected chi connectivity index (χ3v) is 4.23. The number of carbonyl (C=O) groups excluding carboxylic acids is 1. The van der Waals surface area contributed by atoms with Gasteiger partial charge in [-0.2, -0.15) is 5.26 Å². The molecule has 4 saturated carbocycles. The van der Waals surface area contributed by atoms with Gasteiger partial charge in [-0.1, -0.05) is 0 Å².